The van der Waals surface area contributed by atoms with Crippen LogP contribution in [0.25, 0.3) is 16.7 Å². The number of rotatable bonds is 2. The normalized spacial score (nSPS) is 18.1. The summed E-state index contributed by atoms with van der Waals surface area (Å²) in [7, 11) is 1.68. The Morgan fingerprint density at radius 1 is 1.03 bits per heavy atom. The van der Waals surface area contributed by atoms with Gasteiger partial charge in [0, 0.05) is 22.4 Å². The molecular weight excluding hydrogens is 374 g/mol. The van der Waals surface area contributed by atoms with Crippen molar-refractivity contribution in [3.8, 4) is 28.4 Å². The van der Waals surface area contributed by atoms with Gasteiger partial charge in [-0.15, -0.1) is 0 Å². The number of anilines is 1. The van der Waals surface area contributed by atoms with E-state index in [4.69, 9.17) is 9.47 Å². The Hall–Kier alpha value is -3.40. The van der Waals surface area contributed by atoms with Crippen LogP contribution in [-0.4, -0.2) is 17.8 Å². The summed E-state index contributed by atoms with van der Waals surface area (Å²) in [6.45, 7) is 6.49. The number of hydrogen-bond acceptors (Lipinski definition) is 4. The van der Waals surface area contributed by atoms with Gasteiger partial charge in [-0.3, -0.25) is 0 Å². The van der Waals surface area contributed by atoms with Gasteiger partial charge in [0.25, 0.3) is 0 Å². The zero-order valence-electron chi connectivity index (χ0n) is 17.6. The molecule has 0 bridgehead atoms. The summed E-state index contributed by atoms with van der Waals surface area (Å²) in [6, 6.07) is 17.5. The maximum absolute atomic E-state index is 10.1. The quantitative estimate of drug-likeness (QED) is 0.542. The van der Waals surface area contributed by atoms with Gasteiger partial charge in [0.15, 0.2) is 6.10 Å². The standard InChI is InChI=1S/C26H25NO3/c1-15-14-26(2,3)27-19-12-11-18-23-20(29-4)9-6-10-21(23)30-25(24(18)22(15)19)16-7-5-8-17(28)13-16/h5-14,25,27-28H,1-4H3. The number of methoxy groups -OCH3 is 1. The summed E-state index contributed by atoms with van der Waals surface area (Å²) in [5.74, 6) is 1.79. The lowest BCUT2D eigenvalue weighted by molar-refractivity contribution is 0.241. The van der Waals surface area contributed by atoms with E-state index < -0.39 is 0 Å². The van der Waals surface area contributed by atoms with Crippen LogP contribution >= 0.6 is 0 Å². The molecule has 0 spiro atoms. The molecule has 0 saturated heterocycles. The van der Waals surface area contributed by atoms with Crippen LogP contribution in [0.3, 0.4) is 0 Å². The van der Waals surface area contributed by atoms with Gasteiger partial charge in [0.1, 0.15) is 17.2 Å². The van der Waals surface area contributed by atoms with E-state index in [2.05, 4.69) is 44.3 Å². The highest BCUT2D eigenvalue weighted by Crippen LogP contribution is 2.53. The molecule has 152 valence electrons. The van der Waals surface area contributed by atoms with Gasteiger partial charge in [-0.05, 0) is 62.2 Å². The molecule has 0 aliphatic carbocycles. The van der Waals surface area contributed by atoms with E-state index in [1.165, 1.54) is 5.57 Å². The third kappa shape index (κ3) is 2.83. The van der Waals surface area contributed by atoms with Crippen molar-refractivity contribution in [2.45, 2.75) is 32.4 Å². The van der Waals surface area contributed by atoms with Crippen molar-refractivity contribution < 1.29 is 14.6 Å². The molecule has 0 fully saturated rings. The Balaban J connectivity index is 1.84. The summed E-state index contributed by atoms with van der Waals surface area (Å²) in [5.41, 5.74) is 7.38. The number of phenolic OH excluding ortho intramolecular Hbond substituents is 1. The average Bonchev–Trinajstić information content (AvgIpc) is 2.71. The van der Waals surface area contributed by atoms with Crippen LogP contribution in [0.1, 0.15) is 43.6 Å². The van der Waals surface area contributed by atoms with Crippen LogP contribution in [-0.2, 0) is 0 Å². The Bertz CT molecular complexity index is 1190. The van der Waals surface area contributed by atoms with Crippen molar-refractivity contribution in [1.82, 2.24) is 0 Å². The first-order chi connectivity index (χ1) is 14.4. The highest BCUT2D eigenvalue weighted by Gasteiger charge is 2.35. The van der Waals surface area contributed by atoms with Crippen LogP contribution in [0.5, 0.6) is 17.2 Å². The van der Waals surface area contributed by atoms with Crippen LogP contribution in [0, 0.1) is 0 Å². The second-order valence-corrected chi connectivity index (χ2v) is 8.55. The van der Waals surface area contributed by atoms with Gasteiger partial charge in [0.05, 0.1) is 18.2 Å². The van der Waals surface area contributed by atoms with Crippen molar-refractivity contribution in [2.75, 3.05) is 12.4 Å². The first-order valence-electron chi connectivity index (χ1n) is 10.2. The summed E-state index contributed by atoms with van der Waals surface area (Å²) in [6.07, 6.45) is 1.92. The number of ether oxygens (including phenoxy) is 2. The van der Waals surface area contributed by atoms with Crippen LogP contribution < -0.4 is 14.8 Å². The molecule has 0 aromatic heterocycles. The summed E-state index contributed by atoms with van der Waals surface area (Å²) in [4.78, 5) is 0. The molecule has 1 atom stereocenters. The van der Waals surface area contributed by atoms with Gasteiger partial charge >= 0.3 is 0 Å². The summed E-state index contributed by atoms with van der Waals surface area (Å²) in [5, 5.41) is 13.8. The summed E-state index contributed by atoms with van der Waals surface area (Å²) >= 11 is 0. The van der Waals surface area contributed by atoms with E-state index in [0.717, 1.165) is 45.0 Å². The molecule has 1 unspecified atom stereocenters. The van der Waals surface area contributed by atoms with Crippen molar-refractivity contribution >= 4 is 11.3 Å². The predicted octanol–water partition coefficient (Wildman–Crippen LogP) is 6.16. The Morgan fingerprint density at radius 3 is 2.60 bits per heavy atom. The minimum absolute atomic E-state index is 0.128. The smallest absolute Gasteiger partial charge is 0.150 e. The fourth-order valence-corrected chi connectivity index (χ4v) is 4.79. The van der Waals surface area contributed by atoms with Gasteiger partial charge in [-0.25, -0.2) is 0 Å². The van der Waals surface area contributed by atoms with Gasteiger partial charge in [0.2, 0.25) is 0 Å². The Morgan fingerprint density at radius 2 is 1.83 bits per heavy atom. The van der Waals surface area contributed by atoms with E-state index in [0.29, 0.717) is 0 Å². The highest BCUT2D eigenvalue weighted by atomic mass is 16.5. The molecule has 2 aliphatic rings. The molecule has 3 aromatic rings. The lowest BCUT2D eigenvalue weighted by atomic mass is 9.80. The Labute approximate surface area is 176 Å². The number of allylic oxidation sites excluding steroid dienone is 1. The third-order valence-corrected chi connectivity index (χ3v) is 5.83. The Kier molecular flexibility index (Phi) is 4.07. The largest absolute Gasteiger partial charge is 0.508 e. The van der Waals surface area contributed by atoms with Crippen molar-refractivity contribution in [3.63, 3.8) is 0 Å². The summed E-state index contributed by atoms with van der Waals surface area (Å²) < 4.78 is 12.2. The molecule has 0 amide bonds. The number of nitrogens with one attached hydrogen (secondary N) is 1. The van der Waals surface area contributed by atoms with Crippen LogP contribution in [0.2, 0.25) is 0 Å². The maximum Gasteiger partial charge on any atom is 0.150 e. The van der Waals surface area contributed by atoms with Gasteiger partial charge < -0.3 is 19.9 Å². The molecule has 30 heavy (non-hydrogen) atoms. The molecule has 5 rings (SSSR count). The van der Waals surface area contributed by atoms with Crippen molar-refractivity contribution in [3.05, 3.63) is 77.4 Å². The van der Waals surface area contributed by atoms with Gasteiger partial charge in [-0.2, -0.15) is 0 Å². The minimum atomic E-state index is -0.340. The number of benzene rings is 3. The van der Waals surface area contributed by atoms with Gasteiger partial charge in [-0.1, -0.05) is 30.3 Å². The fraction of sp³-hybridized carbons (Fsp3) is 0.231. The molecule has 3 aromatic carbocycles. The van der Waals surface area contributed by atoms with E-state index in [1.54, 1.807) is 19.2 Å². The monoisotopic (exact) mass is 399 g/mol. The number of aromatic hydroxyl groups is 1. The van der Waals surface area contributed by atoms with E-state index in [-0.39, 0.29) is 17.4 Å². The number of hydrogen-bond donors (Lipinski definition) is 2. The maximum atomic E-state index is 10.1. The zero-order chi connectivity index (χ0) is 21.0. The first kappa shape index (κ1) is 18.6. The molecule has 4 nitrogen and oxygen atoms in total. The molecule has 2 N–H and O–H groups in total. The zero-order valence-corrected chi connectivity index (χ0v) is 17.6. The van der Waals surface area contributed by atoms with Crippen LogP contribution in [0.15, 0.2) is 60.7 Å². The van der Waals surface area contributed by atoms with E-state index in [9.17, 15) is 5.11 Å². The average molecular weight is 399 g/mol. The lowest BCUT2D eigenvalue weighted by Gasteiger charge is -2.37. The number of phenols is 1. The highest BCUT2D eigenvalue weighted by molar-refractivity contribution is 5.91. The molecule has 2 aliphatic heterocycles. The third-order valence-electron chi connectivity index (χ3n) is 5.83. The minimum Gasteiger partial charge on any atom is -0.508 e. The molecule has 0 saturated carbocycles. The lowest BCUT2D eigenvalue weighted by Crippen LogP contribution is -2.32. The van der Waals surface area contributed by atoms with E-state index >= 15 is 0 Å². The van der Waals surface area contributed by atoms with Crippen LogP contribution in [0.4, 0.5) is 5.69 Å². The predicted molar refractivity (Wildman–Crippen MR) is 120 cm³/mol. The molecule has 2 heterocycles. The second kappa shape index (κ2) is 6.56. The fourth-order valence-electron chi connectivity index (χ4n) is 4.79. The number of fused-ring (bicyclic) bond motifs is 5. The topological polar surface area (TPSA) is 50.7 Å². The first-order valence-corrected chi connectivity index (χ1v) is 10.2. The van der Waals surface area contributed by atoms with E-state index in [1.807, 2.05) is 30.3 Å². The molecule has 0 radical (unpaired) electrons. The van der Waals surface area contributed by atoms with Crippen molar-refractivity contribution in [1.29, 1.82) is 0 Å². The molecule has 4 heteroatoms. The molecular formula is C26H25NO3. The van der Waals surface area contributed by atoms with Crippen molar-refractivity contribution in [2.24, 2.45) is 0 Å². The SMILES string of the molecule is COc1cccc2c1-c1ccc3c(c1C(c1cccc(O)c1)O2)C(C)=CC(C)(C)N3. The second-order valence-electron chi connectivity index (χ2n) is 8.55.